The maximum atomic E-state index is 12.9. The van der Waals surface area contributed by atoms with Gasteiger partial charge in [0.15, 0.2) is 0 Å². The first-order chi connectivity index (χ1) is 16.6. The van der Waals surface area contributed by atoms with E-state index in [9.17, 15) is 13.2 Å². The van der Waals surface area contributed by atoms with Gasteiger partial charge in [0.1, 0.15) is 0 Å². The summed E-state index contributed by atoms with van der Waals surface area (Å²) in [5.41, 5.74) is 4.04. The highest BCUT2D eigenvalue weighted by Crippen LogP contribution is 2.30. The number of urea groups is 1. The maximum Gasteiger partial charge on any atom is 0.319 e. The Morgan fingerprint density at radius 1 is 1.00 bits per heavy atom. The van der Waals surface area contributed by atoms with E-state index in [0.29, 0.717) is 27.0 Å². The fourth-order valence-corrected chi connectivity index (χ4v) is 5.51. The molecule has 3 N–H and O–H groups in total. The van der Waals surface area contributed by atoms with Gasteiger partial charge in [0.05, 0.1) is 21.0 Å². The summed E-state index contributed by atoms with van der Waals surface area (Å²) in [5.74, 6) is 0. The van der Waals surface area contributed by atoms with E-state index in [2.05, 4.69) is 27.3 Å². The third-order valence-electron chi connectivity index (χ3n) is 5.88. The Hall–Kier alpha value is -2.78. The van der Waals surface area contributed by atoms with Crippen LogP contribution in [0.3, 0.4) is 0 Å². The van der Waals surface area contributed by atoms with Gasteiger partial charge in [-0.1, -0.05) is 41.4 Å². The third kappa shape index (κ3) is 6.08. The normalized spacial score (nSPS) is 14.6. The first kappa shape index (κ1) is 25.3. The minimum Gasteiger partial charge on any atom is -0.331 e. The van der Waals surface area contributed by atoms with Gasteiger partial charge in [-0.3, -0.25) is 4.72 Å². The lowest BCUT2D eigenvalue weighted by molar-refractivity contribution is 0.249. The first-order valence-corrected chi connectivity index (χ1v) is 13.3. The van der Waals surface area contributed by atoms with Gasteiger partial charge >= 0.3 is 6.03 Å². The summed E-state index contributed by atoms with van der Waals surface area (Å²) in [6.07, 6.45) is 0.881. The number of amides is 2. The minimum absolute atomic E-state index is 0.0972. The lowest BCUT2D eigenvalue weighted by Gasteiger charge is -2.25. The Bertz CT molecular complexity index is 1350. The highest BCUT2D eigenvalue weighted by molar-refractivity contribution is 7.92. The molecule has 7 nitrogen and oxygen atoms in total. The number of anilines is 2. The van der Waals surface area contributed by atoms with Crippen molar-refractivity contribution in [2.45, 2.75) is 30.8 Å². The number of nitrogens with zero attached hydrogens (tertiary/aromatic N) is 1. The number of carbonyl (C=O) groups is 1. The maximum absolute atomic E-state index is 12.9. The molecule has 0 radical (unpaired) electrons. The number of benzene rings is 3. The molecule has 0 saturated heterocycles. The van der Waals surface area contributed by atoms with Gasteiger partial charge in [0.2, 0.25) is 0 Å². The molecule has 4 rings (SSSR count). The summed E-state index contributed by atoms with van der Waals surface area (Å²) in [6, 6.07) is 16.0. The Labute approximate surface area is 215 Å². The summed E-state index contributed by atoms with van der Waals surface area (Å²) in [6.45, 7) is 3.59. The van der Waals surface area contributed by atoms with Crippen LogP contribution in [0.4, 0.5) is 16.2 Å². The van der Waals surface area contributed by atoms with Crippen molar-refractivity contribution >= 4 is 50.6 Å². The van der Waals surface area contributed by atoms with Crippen LogP contribution >= 0.6 is 23.2 Å². The molecule has 184 valence electrons. The molecule has 1 unspecified atom stereocenters. The third-order valence-corrected chi connectivity index (χ3v) is 8.11. The zero-order chi connectivity index (χ0) is 25.2. The standard InChI is InChI=1S/C25H26Cl2N4O3S/c1-16(22-4-3-5-23(26)24(22)27)28-25(32)29-19-8-10-21(11-9-19)35(33,34)30-20-7-6-18-15-31(2)13-12-17(18)14-20/h3-11,14,16,30H,12-13,15H2,1-2H3,(H2,28,29,32). The van der Waals surface area contributed by atoms with E-state index < -0.39 is 16.1 Å². The van der Waals surface area contributed by atoms with Crippen LogP contribution in [0.25, 0.3) is 0 Å². The van der Waals surface area contributed by atoms with Crippen molar-refractivity contribution < 1.29 is 13.2 Å². The average Bonchev–Trinajstić information content (AvgIpc) is 2.81. The Kier molecular flexibility index (Phi) is 7.56. The molecule has 3 aromatic rings. The quantitative estimate of drug-likeness (QED) is 0.381. The number of nitrogens with one attached hydrogen (secondary N) is 3. The number of hydrogen-bond acceptors (Lipinski definition) is 4. The summed E-state index contributed by atoms with van der Waals surface area (Å²) in [7, 11) is -1.71. The molecule has 0 aromatic heterocycles. The largest absolute Gasteiger partial charge is 0.331 e. The molecule has 3 aromatic carbocycles. The van der Waals surface area contributed by atoms with Crippen molar-refractivity contribution in [1.82, 2.24) is 10.2 Å². The van der Waals surface area contributed by atoms with Crippen molar-refractivity contribution in [2.24, 2.45) is 0 Å². The molecule has 10 heteroatoms. The number of rotatable bonds is 6. The van der Waals surface area contributed by atoms with Crippen LogP contribution in [0.15, 0.2) is 65.6 Å². The van der Waals surface area contributed by atoms with E-state index in [0.717, 1.165) is 25.1 Å². The molecule has 1 atom stereocenters. The van der Waals surface area contributed by atoms with Gasteiger partial charge in [-0.05, 0) is 79.5 Å². The van der Waals surface area contributed by atoms with E-state index >= 15 is 0 Å². The molecular formula is C25H26Cl2N4O3S. The van der Waals surface area contributed by atoms with Crippen LogP contribution < -0.4 is 15.4 Å². The van der Waals surface area contributed by atoms with Gasteiger partial charge in [-0.15, -0.1) is 0 Å². The number of hydrogen-bond donors (Lipinski definition) is 3. The van der Waals surface area contributed by atoms with Crippen molar-refractivity contribution in [3.63, 3.8) is 0 Å². The van der Waals surface area contributed by atoms with E-state index in [-0.39, 0.29) is 10.9 Å². The van der Waals surface area contributed by atoms with Crippen LogP contribution in [0.1, 0.15) is 29.7 Å². The number of fused-ring (bicyclic) bond motifs is 1. The topological polar surface area (TPSA) is 90.5 Å². The van der Waals surface area contributed by atoms with Gasteiger partial charge < -0.3 is 15.5 Å². The second kappa shape index (κ2) is 10.5. The number of halogens is 2. The lowest BCUT2D eigenvalue weighted by Crippen LogP contribution is -2.31. The van der Waals surface area contributed by atoms with Crippen LogP contribution in [-0.4, -0.2) is 32.9 Å². The molecule has 35 heavy (non-hydrogen) atoms. The lowest BCUT2D eigenvalue weighted by atomic mass is 10.00. The smallest absolute Gasteiger partial charge is 0.319 e. The number of carbonyl (C=O) groups excluding carboxylic acids is 1. The van der Waals surface area contributed by atoms with E-state index in [1.807, 2.05) is 12.1 Å². The van der Waals surface area contributed by atoms with Crippen LogP contribution in [-0.2, 0) is 23.0 Å². The summed E-state index contributed by atoms with van der Waals surface area (Å²) < 4.78 is 28.4. The summed E-state index contributed by atoms with van der Waals surface area (Å²) in [5, 5.41) is 6.28. The molecular weight excluding hydrogens is 507 g/mol. The van der Waals surface area contributed by atoms with Gasteiger partial charge in [0, 0.05) is 24.5 Å². The Morgan fingerprint density at radius 3 is 2.46 bits per heavy atom. The van der Waals surface area contributed by atoms with E-state index in [4.69, 9.17) is 23.2 Å². The predicted octanol–water partition coefficient (Wildman–Crippen LogP) is 5.66. The van der Waals surface area contributed by atoms with E-state index in [1.165, 1.54) is 29.8 Å². The Morgan fingerprint density at radius 2 is 1.71 bits per heavy atom. The van der Waals surface area contributed by atoms with Crippen molar-refractivity contribution in [1.29, 1.82) is 0 Å². The summed E-state index contributed by atoms with van der Waals surface area (Å²) >= 11 is 12.3. The fourth-order valence-electron chi connectivity index (χ4n) is 3.99. The molecule has 0 saturated carbocycles. The molecule has 1 aliphatic rings. The molecule has 1 aliphatic heterocycles. The second-order valence-electron chi connectivity index (χ2n) is 8.56. The van der Waals surface area contributed by atoms with Crippen molar-refractivity contribution in [3.8, 4) is 0 Å². The van der Waals surface area contributed by atoms with Gasteiger partial charge in [-0.2, -0.15) is 0 Å². The van der Waals surface area contributed by atoms with Crippen molar-refractivity contribution in [2.75, 3.05) is 23.6 Å². The SMILES string of the molecule is CC(NC(=O)Nc1ccc(S(=O)(=O)Nc2ccc3c(c2)CCN(C)C3)cc1)c1cccc(Cl)c1Cl. The molecule has 0 fully saturated rings. The summed E-state index contributed by atoms with van der Waals surface area (Å²) in [4.78, 5) is 14.7. The number of sulfonamides is 1. The van der Waals surface area contributed by atoms with E-state index in [1.54, 1.807) is 31.2 Å². The molecule has 1 heterocycles. The monoisotopic (exact) mass is 532 g/mol. The average molecular weight is 533 g/mol. The van der Waals surface area contributed by atoms with Crippen molar-refractivity contribution in [3.05, 3.63) is 87.4 Å². The van der Waals surface area contributed by atoms with Gasteiger partial charge in [-0.25, -0.2) is 13.2 Å². The highest BCUT2D eigenvalue weighted by Gasteiger charge is 2.18. The van der Waals surface area contributed by atoms with Crippen LogP contribution in [0.2, 0.25) is 10.0 Å². The van der Waals surface area contributed by atoms with Crippen LogP contribution in [0.5, 0.6) is 0 Å². The fraction of sp³-hybridized carbons (Fsp3) is 0.240. The zero-order valence-electron chi connectivity index (χ0n) is 19.3. The minimum atomic E-state index is -3.78. The Balaban J connectivity index is 1.39. The molecule has 0 bridgehead atoms. The number of likely N-dealkylation sites (N-methyl/N-ethyl adjacent to an activating group) is 1. The predicted molar refractivity (Wildman–Crippen MR) is 141 cm³/mol. The second-order valence-corrected chi connectivity index (χ2v) is 11.0. The molecule has 0 spiro atoms. The van der Waals surface area contributed by atoms with Crippen LogP contribution in [0, 0.1) is 0 Å². The molecule has 0 aliphatic carbocycles. The highest BCUT2D eigenvalue weighted by atomic mass is 35.5. The van der Waals surface area contributed by atoms with Gasteiger partial charge in [0.25, 0.3) is 10.0 Å². The molecule has 2 amide bonds. The first-order valence-electron chi connectivity index (χ1n) is 11.1. The zero-order valence-corrected chi connectivity index (χ0v) is 21.6.